The molecule has 1 aliphatic carbocycles. The molecule has 10 heteroatoms. The predicted octanol–water partition coefficient (Wildman–Crippen LogP) is 3.83. The van der Waals surface area contributed by atoms with Crippen LogP contribution in [0.3, 0.4) is 0 Å². The number of halogens is 5. The molecular formula is C19H25Cl2F3N4O. The lowest BCUT2D eigenvalue weighted by molar-refractivity contribution is -0.137. The first-order valence-electron chi connectivity index (χ1n) is 9.18. The number of nitrogens with one attached hydrogen (secondary N) is 2. The van der Waals surface area contributed by atoms with Gasteiger partial charge in [-0.2, -0.15) is 13.2 Å². The van der Waals surface area contributed by atoms with Crippen molar-refractivity contribution < 1.29 is 18.0 Å². The molecule has 4 rings (SSSR count). The van der Waals surface area contributed by atoms with Crippen molar-refractivity contribution in [1.29, 1.82) is 0 Å². The molecule has 1 aliphatic heterocycles. The molecule has 1 amide bonds. The Balaban J connectivity index is 0.00000150. The maximum absolute atomic E-state index is 12.9. The zero-order chi connectivity index (χ0) is 19.4. The highest BCUT2D eigenvalue weighted by atomic mass is 35.5. The van der Waals surface area contributed by atoms with Crippen molar-refractivity contribution in [3.8, 4) is 0 Å². The first-order valence-corrected chi connectivity index (χ1v) is 9.18. The highest BCUT2D eigenvalue weighted by Gasteiger charge is 2.67. The molecule has 29 heavy (non-hydrogen) atoms. The number of hydrogen-bond donors (Lipinski definition) is 2. The van der Waals surface area contributed by atoms with Crippen molar-refractivity contribution in [2.45, 2.75) is 38.9 Å². The minimum Gasteiger partial charge on any atom is -0.348 e. The second kappa shape index (κ2) is 7.96. The lowest BCUT2D eigenvalue weighted by atomic mass is 9.85. The second-order valence-corrected chi connectivity index (χ2v) is 8.01. The van der Waals surface area contributed by atoms with Crippen LogP contribution in [0.25, 0.3) is 11.0 Å². The summed E-state index contributed by atoms with van der Waals surface area (Å²) in [5.41, 5.74) is -0.0924. The Morgan fingerprint density at radius 1 is 1.28 bits per heavy atom. The number of aromatic nitrogens is 2. The summed E-state index contributed by atoms with van der Waals surface area (Å²) in [5.74, 6) is 0.550. The van der Waals surface area contributed by atoms with E-state index in [0.717, 1.165) is 44.5 Å². The Morgan fingerprint density at radius 3 is 2.55 bits per heavy atom. The van der Waals surface area contributed by atoms with E-state index in [2.05, 4.69) is 15.6 Å². The molecule has 1 saturated carbocycles. The van der Waals surface area contributed by atoms with E-state index < -0.39 is 11.7 Å². The zero-order valence-corrected chi connectivity index (χ0v) is 17.9. The average molecular weight is 453 g/mol. The van der Waals surface area contributed by atoms with Crippen LogP contribution in [0.15, 0.2) is 18.2 Å². The topological polar surface area (TPSA) is 59.0 Å². The van der Waals surface area contributed by atoms with Crippen LogP contribution >= 0.6 is 24.8 Å². The molecule has 2 fully saturated rings. The van der Waals surface area contributed by atoms with Crippen LogP contribution in [-0.4, -0.2) is 28.5 Å². The summed E-state index contributed by atoms with van der Waals surface area (Å²) >= 11 is 0. The van der Waals surface area contributed by atoms with Gasteiger partial charge in [0.25, 0.3) is 0 Å². The molecule has 1 saturated heterocycles. The van der Waals surface area contributed by atoms with Gasteiger partial charge < -0.3 is 15.2 Å². The van der Waals surface area contributed by atoms with Crippen molar-refractivity contribution in [3.63, 3.8) is 0 Å². The van der Waals surface area contributed by atoms with Gasteiger partial charge in [0.2, 0.25) is 5.91 Å². The lowest BCUT2D eigenvalue weighted by Crippen LogP contribution is -2.38. The number of piperidine rings is 1. The molecular weight excluding hydrogens is 428 g/mol. The minimum absolute atomic E-state index is 0. The number of carbonyl (C=O) groups excluding carboxylic acids is 1. The predicted molar refractivity (Wildman–Crippen MR) is 109 cm³/mol. The van der Waals surface area contributed by atoms with Crippen molar-refractivity contribution in [2.24, 2.45) is 17.9 Å². The smallest absolute Gasteiger partial charge is 0.348 e. The number of imidazole rings is 1. The van der Waals surface area contributed by atoms with E-state index >= 15 is 0 Å². The van der Waals surface area contributed by atoms with Gasteiger partial charge in [-0.15, -0.1) is 24.8 Å². The van der Waals surface area contributed by atoms with Crippen LogP contribution in [0.4, 0.5) is 13.2 Å². The Hall–Kier alpha value is -1.51. The summed E-state index contributed by atoms with van der Waals surface area (Å²) in [7, 11) is 1.75. The van der Waals surface area contributed by atoms with E-state index in [0.29, 0.717) is 11.3 Å². The molecule has 1 aromatic heterocycles. The molecule has 0 radical (unpaired) electrons. The highest BCUT2D eigenvalue weighted by Crippen LogP contribution is 2.68. The monoisotopic (exact) mass is 452 g/mol. The van der Waals surface area contributed by atoms with Crippen molar-refractivity contribution in [1.82, 2.24) is 20.2 Å². The first-order chi connectivity index (χ1) is 12.7. The molecule has 0 bridgehead atoms. The molecule has 2 aliphatic rings. The first kappa shape index (κ1) is 23.8. The third-order valence-electron chi connectivity index (χ3n) is 6.51. The number of amides is 1. The summed E-state index contributed by atoms with van der Waals surface area (Å²) in [6, 6.07) is 3.52. The fourth-order valence-electron chi connectivity index (χ4n) is 4.53. The average Bonchev–Trinajstić information content (AvgIpc) is 3.06. The number of carbonyl (C=O) groups is 1. The summed E-state index contributed by atoms with van der Waals surface area (Å²) in [5, 5.41) is 6.28. The van der Waals surface area contributed by atoms with Crippen LogP contribution < -0.4 is 10.6 Å². The fraction of sp³-hybridized carbons (Fsp3) is 0.579. The number of nitrogens with zero attached hydrogens (tertiary/aromatic N) is 2. The van der Waals surface area contributed by atoms with Crippen molar-refractivity contribution in [3.05, 3.63) is 29.6 Å². The molecule has 1 spiro atoms. The largest absolute Gasteiger partial charge is 0.416 e. The summed E-state index contributed by atoms with van der Waals surface area (Å²) in [6.45, 7) is 4.10. The molecule has 1 atom stereocenters. The van der Waals surface area contributed by atoms with E-state index in [4.69, 9.17) is 0 Å². The van der Waals surface area contributed by atoms with Gasteiger partial charge in [-0.25, -0.2) is 4.98 Å². The SMILES string of the molecule is Cl.Cl.Cn1c(CNC(=O)C2(C)CC23CCNCC3)nc2cc(C(F)(F)F)ccc21. The Bertz CT molecular complexity index is 909. The normalized spacial score (nSPS) is 22.7. The maximum Gasteiger partial charge on any atom is 0.416 e. The minimum atomic E-state index is -4.40. The third-order valence-corrected chi connectivity index (χ3v) is 6.51. The van der Waals surface area contributed by atoms with Crippen LogP contribution in [0.2, 0.25) is 0 Å². The van der Waals surface area contributed by atoms with Gasteiger partial charge in [-0.1, -0.05) is 6.92 Å². The maximum atomic E-state index is 12.9. The van der Waals surface area contributed by atoms with Gasteiger partial charge >= 0.3 is 6.18 Å². The molecule has 1 unspecified atom stereocenters. The summed E-state index contributed by atoms with van der Waals surface area (Å²) < 4.78 is 40.4. The van der Waals surface area contributed by atoms with Gasteiger partial charge in [-0.05, 0) is 56.0 Å². The van der Waals surface area contributed by atoms with Gasteiger partial charge in [0.05, 0.1) is 28.6 Å². The molecule has 1 aromatic carbocycles. The molecule has 2 N–H and O–H groups in total. The van der Waals surface area contributed by atoms with Gasteiger partial charge in [0.15, 0.2) is 0 Å². The third kappa shape index (κ3) is 3.94. The van der Waals surface area contributed by atoms with Gasteiger partial charge in [0.1, 0.15) is 5.82 Å². The van der Waals surface area contributed by atoms with Gasteiger partial charge in [-0.3, -0.25) is 4.79 Å². The van der Waals surface area contributed by atoms with E-state index in [-0.39, 0.29) is 53.6 Å². The number of aryl methyl sites for hydroxylation is 1. The van der Waals surface area contributed by atoms with Crippen LogP contribution in [0, 0.1) is 10.8 Å². The zero-order valence-electron chi connectivity index (χ0n) is 16.2. The molecule has 5 nitrogen and oxygen atoms in total. The molecule has 162 valence electrons. The summed E-state index contributed by atoms with van der Waals surface area (Å²) in [4.78, 5) is 17.1. The Labute approximate surface area is 179 Å². The Morgan fingerprint density at radius 2 is 1.93 bits per heavy atom. The van der Waals surface area contributed by atoms with Crippen LogP contribution in [-0.2, 0) is 24.6 Å². The van der Waals surface area contributed by atoms with Crippen LogP contribution in [0.1, 0.15) is 37.6 Å². The quantitative estimate of drug-likeness (QED) is 0.743. The van der Waals surface area contributed by atoms with E-state index in [1.165, 1.54) is 6.07 Å². The fourth-order valence-corrected chi connectivity index (χ4v) is 4.53. The molecule has 2 heterocycles. The van der Waals surface area contributed by atoms with E-state index in [1.807, 2.05) is 6.92 Å². The number of hydrogen-bond acceptors (Lipinski definition) is 3. The van der Waals surface area contributed by atoms with E-state index in [9.17, 15) is 18.0 Å². The second-order valence-electron chi connectivity index (χ2n) is 8.01. The van der Waals surface area contributed by atoms with Gasteiger partial charge in [0, 0.05) is 7.05 Å². The number of benzene rings is 1. The van der Waals surface area contributed by atoms with Crippen LogP contribution in [0.5, 0.6) is 0 Å². The highest BCUT2D eigenvalue weighted by molar-refractivity contribution is 5.87. The van der Waals surface area contributed by atoms with Crippen molar-refractivity contribution in [2.75, 3.05) is 13.1 Å². The standard InChI is InChI=1S/C19H23F3N4O.2ClH/c1-17(11-18(17)5-7-23-8-6-18)16(27)24-10-15-25-13-9-12(19(20,21)22)3-4-14(13)26(15)2;;/h3-4,9,23H,5-8,10-11H2,1-2H3,(H,24,27);2*1H. The number of rotatable bonds is 3. The van der Waals surface area contributed by atoms with Crippen molar-refractivity contribution >= 4 is 41.8 Å². The number of fused-ring (bicyclic) bond motifs is 1. The lowest BCUT2D eigenvalue weighted by Gasteiger charge is -2.27. The Kier molecular flexibility index (Phi) is 6.53. The van der Waals surface area contributed by atoms with E-state index in [1.54, 1.807) is 11.6 Å². The number of alkyl halides is 3. The summed E-state index contributed by atoms with van der Waals surface area (Å²) in [6.07, 6.45) is -1.50. The molecule has 2 aromatic rings.